The Balaban J connectivity index is 2.19. The number of aliphatic hydroxyl groups excluding tert-OH is 1. The summed E-state index contributed by atoms with van der Waals surface area (Å²) < 4.78 is 72.0. The number of alkyl halides is 3. The Labute approximate surface area is 206 Å². The molecule has 2 aromatic rings. The molecular formula is C22H31F3NO7PS. The van der Waals surface area contributed by atoms with E-state index in [9.17, 15) is 27.6 Å². The van der Waals surface area contributed by atoms with Crippen LogP contribution in [0.4, 0.5) is 18.0 Å². The van der Waals surface area contributed by atoms with E-state index < -0.39 is 50.0 Å². The molecule has 1 heterocycles. The first-order valence-corrected chi connectivity index (χ1v) is 13.1. The third-order valence-corrected chi connectivity index (χ3v) is 7.43. The number of carbonyl (C=O) groups is 1. The molecule has 1 unspecified atom stereocenters. The largest absolute Gasteiger partial charge is 0.474 e. The summed E-state index contributed by atoms with van der Waals surface area (Å²) in [5.74, 6) is 0. The predicted molar refractivity (Wildman–Crippen MR) is 127 cm³/mol. The number of phosphoric ester groups is 1. The van der Waals surface area contributed by atoms with Crippen LogP contribution in [0.1, 0.15) is 44.7 Å². The van der Waals surface area contributed by atoms with E-state index >= 15 is 0 Å². The van der Waals surface area contributed by atoms with Crippen molar-refractivity contribution in [1.82, 2.24) is 5.32 Å². The van der Waals surface area contributed by atoms with Crippen LogP contribution in [-0.4, -0.2) is 49.8 Å². The van der Waals surface area contributed by atoms with E-state index in [2.05, 4.69) is 5.32 Å². The minimum atomic E-state index is -4.42. The van der Waals surface area contributed by atoms with Gasteiger partial charge < -0.3 is 15.2 Å². The lowest BCUT2D eigenvalue weighted by Crippen LogP contribution is -2.55. The van der Waals surface area contributed by atoms with Gasteiger partial charge in [-0.05, 0) is 68.5 Å². The van der Waals surface area contributed by atoms with Crippen molar-refractivity contribution < 1.29 is 45.9 Å². The van der Waals surface area contributed by atoms with Gasteiger partial charge in [0, 0.05) is 18.9 Å². The Morgan fingerprint density at radius 1 is 1.17 bits per heavy atom. The fourth-order valence-electron chi connectivity index (χ4n) is 3.31. The van der Waals surface area contributed by atoms with Crippen LogP contribution in [0.2, 0.25) is 0 Å². The SMILES string of the molecule is COP(=O)(OC)OCC(CO)(CCCc1csc2cc(C(F)(F)F)ccc12)NC(=O)OC(C)(C)C. The van der Waals surface area contributed by atoms with Gasteiger partial charge >= 0.3 is 20.1 Å². The zero-order chi connectivity index (χ0) is 26.5. The molecule has 2 rings (SSSR count). The van der Waals surface area contributed by atoms with E-state index in [0.717, 1.165) is 31.9 Å². The summed E-state index contributed by atoms with van der Waals surface area (Å²) in [5, 5.41) is 15.3. The highest BCUT2D eigenvalue weighted by atomic mass is 32.1. The number of halogens is 3. The lowest BCUT2D eigenvalue weighted by Gasteiger charge is -2.34. The summed E-state index contributed by atoms with van der Waals surface area (Å²) >= 11 is 1.21. The number of phosphoric acid groups is 1. The molecule has 0 radical (unpaired) electrons. The van der Waals surface area contributed by atoms with Crippen LogP contribution in [0.25, 0.3) is 10.1 Å². The molecule has 1 atom stereocenters. The first-order valence-electron chi connectivity index (χ1n) is 10.7. The Morgan fingerprint density at radius 3 is 2.37 bits per heavy atom. The van der Waals surface area contributed by atoms with Crippen molar-refractivity contribution in [2.75, 3.05) is 27.4 Å². The maximum atomic E-state index is 13.0. The fraction of sp³-hybridized carbons (Fsp3) is 0.591. The molecule has 13 heteroatoms. The number of aryl methyl sites for hydroxylation is 1. The van der Waals surface area contributed by atoms with Gasteiger partial charge in [0.25, 0.3) is 0 Å². The summed E-state index contributed by atoms with van der Waals surface area (Å²) in [6, 6.07) is 3.60. The van der Waals surface area contributed by atoms with Crippen LogP contribution in [0, 0.1) is 0 Å². The van der Waals surface area contributed by atoms with Crippen LogP contribution < -0.4 is 5.32 Å². The predicted octanol–water partition coefficient (Wildman–Crippen LogP) is 5.92. The normalized spacial score (nSPS) is 14.7. The third-order valence-electron chi connectivity index (χ3n) is 5.10. The number of hydrogen-bond donors (Lipinski definition) is 2. The van der Waals surface area contributed by atoms with Crippen LogP contribution >= 0.6 is 19.2 Å². The van der Waals surface area contributed by atoms with Crippen LogP contribution in [-0.2, 0) is 35.5 Å². The van der Waals surface area contributed by atoms with Crippen molar-refractivity contribution in [3.63, 3.8) is 0 Å². The summed E-state index contributed by atoms with van der Waals surface area (Å²) in [7, 11) is -1.63. The Morgan fingerprint density at radius 2 is 1.83 bits per heavy atom. The van der Waals surface area contributed by atoms with Crippen molar-refractivity contribution in [3.8, 4) is 0 Å². The average Bonchev–Trinajstić information content (AvgIpc) is 3.17. The highest BCUT2D eigenvalue weighted by molar-refractivity contribution is 7.48. The van der Waals surface area contributed by atoms with Gasteiger partial charge in [-0.15, -0.1) is 11.3 Å². The minimum Gasteiger partial charge on any atom is -0.444 e. The van der Waals surface area contributed by atoms with Gasteiger partial charge in [0.15, 0.2) is 0 Å². The number of alkyl carbamates (subject to hydrolysis) is 1. The lowest BCUT2D eigenvalue weighted by atomic mass is 9.93. The Kier molecular flexibility index (Phi) is 9.77. The number of rotatable bonds is 11. The number of benzene rings is 1. The van der Waals surface area contributed by atoms with Gasteiger partial charge in [-0.25, -0.2) is 9.36 Å². The third kappa shape index (κ3) is 8.44. The highest BCUT2D eigenvalue weighted by Crippen LogP contribution is 2.48. The molecule has 2 N–H and O–H groups in total. The van der Waals surface area contributed by atoms with E-state index in [1.807, 2.05) is 0 Å². The monoisotopic (exact) mass is 541 g/mol. The molecule has 0 bridgehead atoms. The fourth-order valence-corrected chi connectivity index (χ4v) is 5.11. The van der Waals surface area contributed by atoms with E-state index in [0.29, 0.717) is 22.9 Å². The second kappa shape index (κ2) is 11.6. The molecule has 0 saturated carbocycles. The number of nitrogens with one attached hydrogen (secondary N) is 1. The van der Waals surface area contributed by atoms with E-state index in [-0.39, 0.29) is 6.42 Å². The van der Waals surface area contributed by atoms with Crippen molar-refractivity contribution in [1.29, 1.82) is 0 Å². The summed E-state index contributed by atoms with van der Waals surface area (Å²) in [5.41, 5.74) is -2.06. The number of hydrogen-bond acceptors (Lipinski definition) is 8. The summed E-state index contributed by atoms with van der Waals surface area (Å²) in [6.45, 7) is 4.07. The Hall–Kier alpha value is -1.69. The molecule has 0 aliphatic heterocycles. The number of fused-ring (bicyclic) bond motifs is 1. The van der Waals surface area contributed by atoms with Crippen LogP contribution in [0.5, 0.6) is 0 Å². The number of carbonyl (C=O) groups excluding carboxylic acids is 1. The molecule has 1 amide bonds. The molecule has 1 aromatic carbocycles. The molecule has 198 valence electrons. The summed E-state index contributed by atoms with van der Waals surface area (Å²) in [6.07, 6.45) is -4.18. The standard InChI is InChI=1S/C22H31F3NO7PS/c1-20(2,3)33-19(28)26-21(13-27,14-32-34(29,30-4)31-5)10-6-7-15-12-35-18-11-16(22(23,24)25)8-9-17(15)18/h8-9,11-12,27H,6-7,10,13-14H2,1-5H3,(H,26,28). The van der Waals surface area contributed by atoms with E-state index in [1.54, 1.807) is 26.2 Å². The maximum Gasteiger partial charge on any atom is 0.474 e. The highest BCUT2D eigenvalue weighted by Gasteiger charge is 2.37. The van der Waals surface area contributed by atoms with Gasteiger partial charge in [-0.1, -0.05) is 6.07 Å². The first kappa shape index (κ1) is 29.5. The van der Waals surface area contributed by atoms with E-state index in [4.69, 9.17) is 18.3 Å². The number of amides is 1. The molecule has 0 aliphatic rings. The number of ether oxygens (including phenoxy) is 1. The van der Waals surface area contributed by atoms with Gasteiger partial charge in [-0.2, -0.15) is 13.2 Å². The smallest absolute Gasteiger partial charge is 0.444 e. The molecule has 35 heavy (non-hydrogen) atoms. The van der Waals surface area contributed by atoms with E-state index in [1.165, 1.54) is 17.4 Å². The number of thiophene rings is 1. The lowest BCUT2D eigenvalue weighted by molar-refractivity contribution is -0.137. The van der Waals surface area contributed by atoms with Gasteiger partial charge in [0.1, 0.15) is 5.60 Å². The Bertz CT molecular complexity index is 1050. The van der Waals surface area contributed by atoms with Crippen molar-refractivity contribution >= 4 is 35.3 Å². The van der Waals surface area contributed by atoms with Crippen molar-refractivity contribution in [2.24, 2.45) is 0 Å². The maximum absolute atomic E-state index is 13.0. The zero-order valence-electron chi connectivity index (χ0n) is 20.2. The molecule has 0 aliphatic carbocycles. The van der Waals surface area contributed by atoms with Gasteiger partial charge in [0.2, 0.25) is 0 Å². The second-order valence-electron chi connectivity index (χ2n) is 8.97. The van der Waals surface area contributed by atoms with Gasteiger partial charge in [0.05, 0.1) is 24.3 Å². The molecule has 0 saturated heterocycles. The van der Waals surface area contributed by atoms with Crippen LogP contribution in [0.3, 0.4) is 0 Å². The first-order chi connectivity index (χ1) is 16.2. The quantitative estimate of drug-likeness (QED) is 0.341. The van der Waals surface area contributed by atoms with Gasteiger partial charge in [-0.3, -0.25) is 13.6 Å². The van der Waals surface area contributed by atoms with Crippen LogP contribution in [0.15, 0.2) is 23.6 Å². The molecular weight excluding hydrogens is 510 g/mol. The minimum absolute atomic E-state index is 0.175. The molecule has 0 fully saturated rings. The molecule has 1 aromatic heterocycles. The van der Waals surface area contributed by atoms with Crippen molar-refractivity contribution in [2.45, 2.75) is 57.3 Å². The molecule has 0 spiro atoms. The second-order valence-corrected chi connectivity index (χ2v) is 11.8. The zero-order valence-corrected chi connectivity index (χ0v) is 21.9. The topological polar surface area (TPSA) is 103 Å². The molecule has 8 nitrogen and oxygen atoms in total. The average molecular weight is 542 g/mol. The number of aliphatic hydroxyl groups is 1. The van der Waals surface area contributed by atoms with Crippen molar-refractivity contribution in [3.05, 3.63) is 34.7 Å². The summed E-state index contributed by atoms with van der Waals surface area (Å²) in [4.78, 5) is 12.5.